The highest BCUT2D eigenvalue weighted by molar-refractivity contribution is 7.17. The molecule has 2 aromatic heterocycles. The van der Waals surface area contributed by atoms with E-state index in [9.17, 15) is 14.7 Å². The number of hydrazine groups is 1. The van der Waals surface area contributed by atoms with Gasteiger partial charge >= 0.3 is 0 Å². The summed E-state index contributed by atoms with van der Waals surface area (Å²) in [6, 6.07) is 8.03. The molecule has 0 spiro atoms. The normalized spacial score (nSPS) is 10.4. The topological polar surface area (TPSA) is 91.3 Å². The zero-order valence-corrected chi connectivity index (χ0v) is 14.2. The number of nitrogens with zero attached hydrogens (tertiary/aromatic N) is 1. The standard InChI is InChI=1S/C16H13N3O3S2/c1-9-13(24-16(17-9)10-6-7-23-8-10)15(22)19-18-14(21)11-4-2-3-5-12(11)20/h2-8,20H,1H3,(H,18,21)(H,19,22). The van der Waals surface area contributed by atoms with Gasteiger partial charge in [-0.2, -0.15) is 11.3 Å². The second-order valence-electron chi connectivity index (χ2n) is 4.87. The van der Waals surface area contributed by atoms with Crippen molar-refractivity contribution in [2.24, 2.45) is 0 Å². The minimum atomic E-state index is -0.596. The minimum Gasteiger partial charge on any atom is -0.507 e. The van der Waals surface area contributed by atoms with Crippen molar-refractivity contribution in [1.82, 2.24) is 15.8 Å². The van der Waals surface area contributed by atoms with Crippen LogP contribution in [0.25, 0.3) is 10.6 Å². The number of rotatable bonds is 3. The number of phenols is 1. The Bertz CT molecular complexity index is 888. The van der Waals surface area contributed by atoms with E-state index in [0.717, 1.165) is 10.6 Å². The molecule has 0 aliphatic carbocycles. The summed E-state index contributed by atoms with van der Waals surface area (Å²) in [5.41, 5.74) is 6.28. The molecular formula is C16H13N3O3S2. The van der Waals surface area contributed by atoms with E-state index in [1.54, 1.807) is 30.4 Å². The van der Waals surface area contributed by atoms with Gasteiger partial charge in [-0.05, 0) is 30.5 Å². The molecule has 2 amide bonds. The van der Waals surface area contributed by atoms with Crippen LogP contribution in [0.15, 0.2) is 41.1 Å². The number of para-hydroxylation sites is 1. The van der Waals surface area contributed by atoms with Gasteiger partial charge in [0.2, 0.25) is 0 Å². The van der Waals surface area contributed by atoms with Crippen molar-refractivity contribution in [3.63, 3.8) is 0 Å². The molecule has 0 radical (unpaired) electrons. The molecule has 8 heteroatoms. The van der Waals surface area contributed by atoms with E-state index in [0.29, 0.717) is 10.6 Å². The molecule has 0 saturated heterocycles. The van der Waals surface area contributed by atoms with Crippen LogP contribution in [0.3, 0.4) is 0 Å². The number of phenolic OH excluding ortho intramolecular Hbond substituents is 1. The van der Waals surface area contributed by atoms with Gasteiger partial charge in [0.25, 0.3) is 11.8 Å². The van der Waals surface area contributed by atoms with Crippen molar-refractivity contribution in [2.45, 2.75) is 6.92 Å². The molecule has 24 heavy (non-hydrogen) atoms. The van der Waals surface area contributed by atoms with Crippen molar-refractivity contribution in [2.75, 3.05) is 0 Å². The van der Waals surface area contributed by atoms with Crippen LogP contribution in [0.5, 0.6) is 5.75 Å². The molecule has 122 valence electrons. The van der Waals surface area contributed by atoms with Crippen molar-refractivity contribution in [3.8, 4) is 16.3 Å². The Balaban J connectivity index is 1.70. The lowest BCUT2D eigenvalue weighted by atomic mass is 10.2. The highest BCUT2D eigenvalue weighted by atomic mass is 32.1. The molecule has 3 aromatic rings. The fourth-order valence-corrected chi connectivity index (χ4v) is 3.69. The number of benzene rings is 1. The van der Waals surface area contributed by atoms with Crippen molar-refractivity contribution < 1.29 is 14.7 Å². The Kier molecular flexibility index (Phi) is 4.59. The van der Waals surface area contributed by atoms with Crippen LogP contribution >= 0.6 is 22.7 Å². The van der Waals surface area contributed by atoms with Gasteiger partial charge in [-0.15, -0.1) is 11.3 Å². The molecule has 0 aliphatic rings. The number of hydrogen-bond donors (Lipinski definition) is 3. The molecular weight excluding hydrogens is 346 g/mol. The highest BCUT2D eigenvalue weighted by Gasteiger charge is 2.18. The molecule has 3 rings (SSSR count). The summed E-state index contributed by atoms with van der Waals surface area (Å²) < 4.78 is 0. The van der Waals surface area contributed by atoms with E-state index in [1.807, 2.05) is 16.8 Å². The molecule has 0 saturated carbocycles. The number of aromatic hydroxyl groups is 1. The minimum absolute atomic E-state index is 0.0813. The SMILES string of the molecule is Cc1nc(-c2ccsc2)sc1C(=O)NNC(=O)c1ccccc1O. The molecule has 2 heterocycles. The number of aryl methyl sites for hydroxylation is 1. The van der Waals surface area contributed by atoms with Gasteiger partial charge in [0.1, 0.15) is 15.6 Å². The predicted octanol–water partition coefficient (Wildman–Crippen LogP) is 2.96. The number of aromatic nitrogens is 1. The van der Waals surface area contributed by atoms with Crippen LogP contribution in [-0.2, 0) is 0 Å². The lowest BCUT2D eigenvalue weighted by Crippen LogP contribution is -2.41. The lowest BCUT2D eigenvalue weighted by molar-refractivity contribution is 0.0846. The maximum absolute atomic E-state index is 12.3. The first kappa shape index (κ1) is 16.2. The maximum Gasteiger partial charge on any atom is 0.281 e. The molecule has 0 atom stereocenters. The molecule has 3 N–H and O–H groups in total. The second-order valence-corrected chi connectivity index (χ2v) is 6.65. The van der Waals surface area contributed by atoms with Gasteiger partial charge in [-0.25, -0.2) is 4.98 Å². The largest absolute Gasteiger partial charge is 0.507 e. The zero-order valence-electron chi connectivity index (χ0n) is 12.6. The second kappa shape index (κ2) is 6.81. The molecule has 6 nitrogen and oxygen atoms in total. The Morgan fingerprint density at radius 2 is 1.88 bits per heavy atom. The van der Waals surface area contributed by atoms with Crippen LogP contribution in [0.4, 0.5) is 0 Å². The Morgan fingerprint density at radius 3 is 2.58 bits per heavy atom. The van der Waals surface area contributed by atoms with E-state index < -0.39 is 11.8 Å². The van der Waals surface area contributed by atoms with E-state index in [-0.39, 0.29) is 11.3 Å². The van der Waals surface area contributed by atoms with Crippen molar-refractivity contribution in [3.05, 3.63) is 57.2 Å². The molecule has 0 aliphatic heterocycles. The first-order chi connectivity index (χ1) is 11.6. The summed E-state index contributed by atoms with van der Waals surface area (Å²) in [7, 11) is 0. The number of carbonyl (C=O) groups excluding carboxylic acids is 2. The quantitative estimate of drug-likeness (QED) is 0.627. The lowest BCUT2D eigenvalue weighted by Gasteiger charge is -2.07. The maximum atomic E-state index is 12.3. The highest BCUT2D eigenvalue weighted by Crippen LogP contribution is 2.29. The van der Waals surface area contributed by atoms with Gasteiger partial charge in [-0.3, -0.25) is 20.4 Å². The average Bonchev–Trinajstić information content (AvgIpc) is 3.22. The zero-order chi connectivity index (χ0) is 17.1. The Labute approximate surface area is 145 Å². The first-order valence-electron chi connectivity index (χ1n) is 6.95. The fourth-order valence-electron chi connectivity index (χ4n) is 2.02. The van der Waals surface area contributed by atoms with Crippen LogP contribution in [-0.4, -0.2) is 21.9 Å². The average molecular weight is 359 g/mol. The number of thiazole rings is 1. The van der Waals surface area contributed by atoms with E-state index in [1.165, 1.54) is 23.5 Å². The number of hydrogen-bond acceptors (Lipinski definition) is 6. The van der Waals surface area contributed by atoms with Gasteiger partial charge in [-0.1, -0.05) is 12.1 Å². The summed E-state index contributed by atoms with van der Waals surface area (Å²) in [5, 5.41) is 14.3. The summed E-state index contributed by atoms with van der Waals surface area (Å²) in [6.45, 7) is 1.74. The third-order valence-electron chi connectivity index (χ3n) is 3.21. The van der Waals surface area contributed by atoms with Crippen LogP contribution in [0.1, 0.15) is 25.7 Å². The summed E-state index contributed by atoms with van der Waals surface area (Å²) in [5.74, 6) is -1.20. The van der Waals surface area contributed by atoms with Gasteiger partial charge in [0, 0.05) is 10.9 Å². The number of nitrogens with one attached hydrogen (secondary N) is 2. The number of amides is 2. The van der Waals surface area contributed by atoms with Crippen LogP contribution in [0.2, 0.25) is 0 Å². The predicted molar refractivity (Wildman–Crippen MR) is 93.2 cm³/mol. The van der Waals surface area contributed by atoms with Crippen molar-refractivity contribution in [1.29, 1.82) is 0 Å². The monoisotopic (exact) mass is 359 g/mol. The molecule has 0 bridgehead atoms. The van der Waals surface area contributed by atoms with Crippen molar-refractivity contribution >= 4 is 34.5 Å². The van der Waals surface area contributed by atoms with Gasteiger partial charge in [0.15, 0.2) is 0 Å². The van der Waals surface area contributed by atoms with Gasteiger partial charge < -0.3 is 5.11 Å². The summed E-state index contributed by atoms with van der Waals surface area (Å²) >= 11 is 2.82. The molecule has 0 unspecified atom stereocenters. The first-order valence-corrected chi connectivity index (χ1v) is 8.71. The third kappa shape index (κ3) is 3.29. The van der Waals surface area contributed by atoms with Crippen LogP contribution in [0, 0.1) is 6.92 Å². The van der Waals surface area contributed by atoms with Gasteiger partial charge in [0.05, 0.1) is 11.3 Å². The number of carbonyl (C=O) groups is 2. The van der Waals surface area contributed by atoms with E-state index in [2.05, 4.69) is 15.8 Å². The fraction of sp³-hybridized carbons (Fsp3) is 0.0625. The molecule has 0 fully saturated rings. The third-order valence-corrected chi connectivity index (χ3v) is 5.10. The smallest absolute Gasteiger partial charge is 0.281 e. The van der Waals surface area contributed by atoms with E-state index in [4.69, 9.17) is 0 Å². The summed E-state index contributed by atoms with van der Waals surface area (Å²) in [6.07, 6.45) is 0. The van der Waals surface area contributed by atoms with Crippen LogP contribution < -0.4 is 10.9 Å². The number of thiophene rings is 1. The van der Waals surface area contributed by atoms with E-state index >= 15 is 0 Å². The Morgan fingerprint density at radius 1 is 1.12 bits per heavy atom. The molecule has 1 aromatic carbocycles. The summed E-state index contributed by atoms with van der Waals surface area (Å²) in [4.78, 5) is 29.0. The Hall–Kier alpha value is -2.71.